The summed E-state index contributed by atoms with van der Waals surface area (Å²) >= 11 is 0. The number of hydrogen-bond acceptors (Lipinski definition) is 4. The molecule has 0 fully saturated rings. The van der Waals surface area contributed by atoms with Gasteiger partial charge in [0.15, 0.2) is 0 Å². The number of nitrogens with one attached hydrogen (secondary N) is 2. The molecule has 0 radical (unpaired) electrons. The van der Waals surface area contributed by atoms with E-state index in [1.54, 1.807) is 0 Å². The third-order valence-corrected chi connectivity index (χ3v) is 5.47. The Kier molecular flexibility index (Phi) is 4.56. The van der Waals surface area contributed by atoms with E-state index in [0.717, 1.165) is 12.1 Å². The van der Waals surface area contributed by atoms with Crippen LogP contribution >= 0.6 is 0 Å². The molecule has 0 aromatic heterocycles. The Morgan fingerprint density at radius 3 is 2.52 bits per heavy atom. The van der Waals surface area contributed by atoms with E-state index in [-0.39, 0.29) is 16.3 Å². The molecule has 0 aliphatic carbocycles. The number of fused-ring (bicyclic) bond motifs is 1. The van der Waals surface area contributed by atoms with Gasteiger partial charge < -0.3 is 10.6 Å². The lowest BCUT2D eigenvalue weighted by Crippen LogP contribution is -2.47. The molecule has 1 aliphatic heterocycles. The molecule has 2 N–H and O–H groups in total. The Labute approximate surface area is 151 Å². The molecule has 11 heteroatoms. The average Bonchev–Trinajstić information content (AvgIpc) is 2.58. The van der Waals surface area contributed by atoms with Gasteiger partial charge in [-0.15, -0.1) is 0 Å². The fourth-order valence-corrected chi connectivity index (χ4v) is 3.90. The van der Waals surface area contributed by atoms with Gasteiger partial charge >= 0.3 is 12.2 Å². The smallest absolute Gasteiger partial charge is 0.324 e. The minimum absolute atomic E-state index is 0.0806. The largest absolute Gasteiger partial charge is 0.416 e. The van der Waals surface area contributed by atoms with Crippen LogP contribution in [0.3, 0.4) is 0 Å². The van der Waals surface area contributed by atoms with Crippen LogP contribution in [0.1, 0.15) is 5.56 Å². The first kappa shape index (κ1) is 18.7. The normalized spacial score (nSPS) is 15.7. The van der Waals surface area contributed by atoms with Crippen molar-refractivity contribution >= 4 is 33.3 Å². The number of nitrogens with zero attached hydrogens (tertiary/aromatic N) is 1. The van der Waals surface area contributed by atoms with Crippen molar-refractivity contribution in [2.75, 3.05) is 17.2 Å². The lowest BCUT2D eigenvalue weighted by atomic mass is 10.2. The molecule has 0 atom stereocenters. The summed E-state index contributed by atoms with van der Waals surface area (Å²) in [6.07, 6.45) is -4.60. The maximum absolute atomic E-state index is 12.7. The van der Waals surface area contributed by atoms with Crippen LogP contribution in [-0.2, 0) is 21.0 Å². The van der Waals surface area contributed by atoms with Crippen LogP contribution in [0.2, 0.25) is 0 Å². The monoisotopic (exact) mass is 399 g/mol. The minimum Gasteiger partial charge on any atom is -0.324 e. The third kappa shape index (κ3) is 3.72. The summed E-state index contributed by atoms with van der Waals surface area (Å²) in [7, 11) is -4.27. The average molecular weight is 399 g/mol. The zero-order chi connectivity index (χ0) is 19.8. The summed E-state index contributed by atoms with van der Waals surface area (Å²) in [5, 5.41) is 4.50. The van der Waals surface area contributed by atoms with Crippen LogP contribution in [0, 0.1) is 0 Å². The maximum atomic E-state index is 12.7. The van der Waals surface area contributed by atoms with E-state index < -0.39 is 40.2 Å². The van der Waals surface area contributed by atoms with Crippen LogP contribution < -0.4 is 10.6 Å². The van der Waals surface area contributed by atoms with Gasteiger partial charge in [0, 0.05) is 5.69 Å². The molecule has 142 valence electrons. The fourth-order valence-electron chi connectivity index (χ4n) is 2.46. The summed E-state index contributed by atoms with van der Waals surface area (Å²) in [5.74, 6) is -0.965. The number of hydrogen-bond donors (Lipinski definition) is 2. The number of carbonyl (C=O) groups excluding carboxylic acids is 2. The standard InChI is InChI=1S/C16H12F3N3O4S/c17-16(18,19)10-4-3-5-11(8-10)20-14(23)9-22-15(24)21-12-6-1-2-7-13(12)27(22,25)26/h1-8H,9H2,(H,20,23)(H,21,24). The minimum atomic E-state index is -4.60. The zero-order valence-corrected chi connectivity index (χ0v) is 14.3. The van der Waals surface area contributed by atoms with Crippen LogP contribution in [0.25, 0.3) is 0 Å². The van der Waals surface area contributed by atoms with Crippen molar-refractivity contribution in [3.05, 3.63) is 54.1 Å². The molecule has 0 saturated carbocycles. The molecule has 0 bridgehead atoms. The lowest BCUT2D eigenvalue weighted by molar-refractivity contribution is -0.137. The van der Waals surface area contributed by atoms with Gasteiger partial charge in [0.2, 0.25) is 5.91 Å². The number of benzene rings is 2. The Morgan fingerprint density at radius 2 is 1.81 bits per heavy atom. The zero-order valence-electron chi connectivity index (χ0n) is 13.4. The highest BCUT2D eigenvalue weighted by Gasteiger charge is 2.37. The summed E-state index contributed by atoms with van der Waals surface area (Å²) < 4.78 is 63.5. The van der Waals surface area contributed by atoms with Gasteiger partial charge in [-0.2, -0.15) is 13.2 Å². The fraction of sp³-hybridized carbons (Fsp3) is 0.125. The number of alkyl halides is 3. The van der Waals surface area contributed by atoms with Crippen LogP contribution in [0.5, 0.6) is 0 Å². The quantitative estimate of drug-likeness (QED) is 0.830. The molecule has 1 heterocycles. The third-order valence-electron chi connectivity index (χ3n) is 3.68. The predicted molar refractivity (Wildman–Crippen MR) is 89.4 cm³/mol. The number of para-hydroxylation sites is 1. The van der Waals surface area contributed by atoms with Gasteiger partial charge in [0.1, 0.15) is 11.4 Å². The summed E-state index contributed by atoms with van der Waals surface area (Å²) in [4.78, 5) is 24.0. The molecule has 3 amide bonds. The second-order valence-electron chi connectivity index (χ2n) is 5.56. The second-order valence-corrected chi connectivity index (χ2v) is 7.40. The highest BCUT2D eigenvalue weighted by molar-refractivity contribution is 7.90. The first-order valence-corrected chi connectivity index (χ1v) is 8.93. The van der Waals surface area contributed by atoms with Crippen LogP contribution in [-0.4, -0.2) is 31.2 Å². The Balaban J connectivity index is 1.80. The van der Waals surface area contributed by atoms with E-state index in [1.165, 1.54) is 30.3 Å². The molecule has 3 rings (SSSR count). The van der Waals surface area contributed by atoms with E-state index in [4.69, 9.17) is 0 Å². The van der Waals surface area contributed by atoms with E-state index in [9.17, 15) is 31.2 Å². The summed E-state index contributed by atoms with van der Waals surface area (Å²) in [6, 6.07) is 8.46. The van der Waals surface area contributed by atoms with E-state index in [1.807, 2.05) is 0 Å². The predicted octanol–water partition coefficient (Wildman–Crippen LogP) is 2.88. The molecule has 0 saturated heterocycles. The van der Waals surface area contributed by atoms with Crippen LogP contribution in [0.4, 0.5) is 29.3 Å². The summed E-state index contributed by atoms with van der Waals surface area (Å²) in [5.41, 5.74) is -1.07. The maximum Gasteiger partial charge on any atom is 0.416 e. The molecule has 0 spiro atoms. The van der Waals surface area contributed by atoms with Crippen molar-refractivity contribution in [1.29, 1.82) is 0 Å². The molecule has 2 aromatic carbocycles. The van der Waals surface area contributed by atoms with Crippen molar-refractivity contribution in [2.24, 2.45) is 0 Å². The van der Waals surface area contributed by atoms with Crippen LogP contribution in [0.15, 0.2) is 53.4 Å². The first-order chi connectivity index (χ1) is 12.6. The molecule has 27 heavy (non-hydrogen) atoms. The van der Waals surface area contributed by atoms with Crippen molar-refractivity contribution in [3.63, 3.8) is 0 Å². The SMILES string of the molecule is O=C(CN1C(=O)Nc2ccccc2S1(=O)=O)Nc1cccc(C(F)(F)F)c1. The van der Waals surface area contributed by atoms with Gasteiger partial charge in [-0.05, 0) is 30.3 Å². The number of carbonyl (C=O) groups is 2. The van der Waals surface area contributed by atoms with E-state index in [2.05, 4.69) is 10.6 Å². The van der Waals surface area contributed by atoms with Gasteiger partial charge in [-0.25, -0.2) is 17.5 Å². The number of urea groups is 1. The first-order valence-electron chi connectivity index (χ1n) is 7.49. The van der Waals surface area contributed by atoms with E-state index in [0.29, 0.717) is 10.4 Å². The molecule has 7 nitrogen and oxygen atoms in total. The second kappa shape index (κ2) is 6.58. The number of amides is 3. The van der Waals surface area contributed by atoms with Crippen molar-refractivity contribution in [2.45, 2.75) is 11.1 Å². The van der Waals surface area contributed by atoms with Crippen molar-refractivity contribution in [1.82, 2.24) is 4.31 Å². The summed E-state index contributed by atoms with van der Waals surface area (Å²) in [6.45, 7) is -0.890. The highest BCUT2D eigenvalue weighted by atomic mass is 32.2. The molecule has 1 aliphatic rings. The van der Waals surface area contributed by atoms with Crippen molar-refractivity contribution < 1.29 is 31.2 Å². The topological polar surface area (TPSA) is 95.6 Å². The highest BCUT2D eigenvalue weighted by Crippen LogP contribution is 2.31. The van der Waals surface area contributed by atoms with Crippen molar-refractivity contribution in [3.8, 4) is 0 Å². The number of rotatable bonds is 3. The molecule has 2 aromatic rings. The lowest BCUT2D eigenvalue weighted by Gasteiger charge is -2.28. The Morgan fingerprint density at radius 1 is 1.11 bits per heavy atom. The number of sulfonamides is 1. The number of anilines is 2. The number of halogens is 3. The molecular formula is C16H12F3N3O4S. The van der Waals surface area contributed by atoms with E-state index >= 15 is 0 Å². The van der Waals surface area contributed by atoms with Gasteiger partial charge in [-0.1, -0.05) is 18.2 Å². The van der Waals surface area contributed by atoms with Gasteiger partial charge in [0.05, 0.1) is 11.3 Å². The Hall–Kier alpha value is -3.08. The molecular weight excluding hydrogens is 387 g/mol. The molecule has 0 unspecified atom stereocenters. The van der Waals surface area contributed by atoms with Gasteiger partial charge in [0.25, 0.3) is 10.0 Å². The van der Waals surface area contributed by atoms with Gasteiger partial charge in [-0.3, -0.25) is 4.79 Å². The Bertz CT molecular complexity index is 1020.